The number of likely N-dealkylation sites (N-methyl/N-ethyl adjacent to an activating group) is 1. The van der Waals surface area contributed by atoms with Gasteiger partial charge in [-0.05, 0) is 48.7 Å². The Kier molecular flexibility index (Phi) is 8.08. The SMILES string of the molecule is CCc1cccc(CN(Cc2ccccc2Br)C(CN(C)C)C(C)(C)C)c1. The zero-order valence-electron chi connectivity index (χ0n) is 17.8. The maximum Gasteiger partial charge on any atom is 0.0278 e. The number of nitrogens with zero attached hydrogens (tertiary/aromatic N) is 2. The lowest BCUT2D eigenvalue weighted by Crippen LogP contribution is -2.49. The second-order valence-corrected chi connectivity index (χ2v) is 9.67. The molecule has 0 radical (unpaired) electrons. The van der Waals surface area contributed by atoms with Gasteiger partial charge in [0, 0.05) is 30.1 Å². The van der Waals surface area contributed by atoms with Crippen LogP contribution in [0.25, 0.3) is 0 Å². The fraction of sp³-hybridized carbons (Fsp3) is 0.500. The van der Waals surface area contributed by atoms with E-state index in [1.54, 1.807) is 0 Å². The molecule has 2 rings (SSSR count). The van der Waals surface area contributed by atoms with Gasteiger partial charge in [0.25, 0.3) is 0 Å². The van der Waals surface area contributed by atoms with Crippen molar-refractivity contribution in [3.05, 3.63) is 69.7 Å². The topological polar surface area (TPSA) is 6.48 Å². The standard InChI is InChI=1S/C24H35BrN2/c1-7-19-11-10-12-20(15-19)16-27(17-21-13-8-9-14-22(21)25)23(18-26(5)6)24(2,3)4/h8-15,23H,7,16-18H2,1-6H3. The first-order valence-corrected chi connectivity index (χ1v) is 10.7. The molecule has 3 heteroatoms. The molecule has 0 aromatic heterocycles. The first kappa shape index (κ1) is 22.1. The molecule has 2 aromatic rings. The van der Waals surface area contributed by atoms with Crippen LogP contribution in [0.5, 0.6) is 0 Å². The molecule has 0 saturated carbocycles. The maximum absolute atomic E-state index is 3.75. The average Bonchev–Trinajstić information content (AvgIpc) is 2.60. The summed E-state index contributed by atoms with van der Waals surface area (Å²) in [4.78, 5) is 4.96. The first-order chi connectivity index (χ1) is 12.7. The highest BCUT2D eigenvalue weighted by molar-refractivity contribution is 9.10. The summed E-state index contributed by atoms with van der Waals surface area (Å²) in [6.45, 7) is 12.2. The number of halogens is 1. The van der Waals surface area contributed by atoms with Crippen LogP contribution in [-0.4, -0.2) is 36.5 Å². The van der Waals surface area contributed by atoms with E-state index in [1.165, 1.54) is 21.2 Å². The lowest BCUT2D eigenvalue weighted by Gasteiger charge is -2.42. The van der Waals surface area contributed by atoms with E-state index in [4.69, 9.17) is 0 Å². The van der Waals surface area contributed by atoms with E-state index in [2.05, 4.69) is 116 Å². The molecular formula is C24H35BrN2. The Labute approximate surface area is 174 Å². The Balaban J connectivity index is 2.37. The predicted molar refractivity (Wildman–Crippen MR) is 121 cm³/mol. The Morgan fingerprint density at radius 1 is 0.926 bits per heavy atom. The highest BCUT2D eigenvalue weighted by Gasteiger charge is 2.31. The van der Waals surface area contributed by atoms with Gasteiger partial charge in [-0.3, -0.25) is 4.90 Å². The molecule has 2 aromatic carbocycles. The minimum absolute atomic E-state index is 0.188. The molecule has 0 fully saturated rings. The quantitative estimate of drug-likeness (QED) is 0.507. The van der Waals surface area contributed by atoms with Crippen molar-refractivity contribution >= 4 is 15.9 Å². The molecule has 27 heavy (non-hydrogen) atoms. The molecule has 2 nitrogen and oxygen atoms in total. The summed E-state index contributed by atoms with van der Waals surface area (Å²) in [7, 11) is 4.35. The van der Waals surface area contributed by atoms with Gasteiger partial charge in [0.2, 0.25) is 0 Å². The molecule has 1 unspecified atom stereocenters. The molecule has 1 atom stereocenters. The van der Waals surface area contributed by atoms with Crippen molar-refractivity contribution in [3.63, 3.8) is 0 Å². The summed E-state index contributed by atoms with van der Waals surface area (Å²) in [5, 5.41) is 0. The number of hydrogen-bond donors (Lipinski definition) is 0. The number of aryl methyl sites for hydroxylation is 1. The summed E-state index contributed by atoms with van der Waals surface area (Å²) >= 11 is 3.75. The summed E-state index contributed by atoms with van der Waals surface area (Å²) in [5.41, 5.74) is 4.34. The smallest absolute Gasteiger partial charge is 0.0278 e. The van der Waals surface area contributed by atoms with Gasteiger partial charge in [-0.25, -0.2) is 0 Å². The van der Waals surface area contributed by atoms with Gasteiger partial charge < -0.3 is 4.90 Å². The summed E-state index contributed by atoms with van der Waals surface area (Å²) in [6, 6.07) is 18.1. The third-order valence-corrected chi connectivity index (χ3v) is 5.87. The van der Waals surface area contributed by atoms with Crippen molar-refractivity contribution in [1.29, 1.82) is 0 Å². The minimum atomic E-state index is 0.188. The van der Waals surface area contributed by atoms with E-state index in [1.807, 2.05) is 0 Å². The van der Waals surface area contributed by atoms with Crippen LogP contribution in [0.4, 0.5) is 0 Å². The summed E-state index contributed by atoms with van der Waals surface area (Å²) in [5.74, 6) is 0. The zero-order valence-corrected chi connectivity index (χ0v) is 19.4. The van der Waals surface area contributed by atoms with Crippen molar-refractivity contribution in [2.45, 2.75) is 53.2 Å². The van der Waals surface area contributed by atoms with Gasteiger partial charge in [0.05, 0.1) is 0 Å². The van der Waals surface area contributed by atoms with Crippen molar-refractivity contribution in [1.82, 2.24) is 9.80 Å². The third kappa shape index (κ3) is 6.74. The van der Waals surface area contributed by atoms with Gasteiger partial charge in [0.15, 0.2) is 0 Å². The Bertz CT molecular complexity index is 718. The lowest BCUT2D eigenvalue weighted by molar-refractivity contribution is 0.0624. The number of hydrogen-bond acceptors (Lipinski definition) is 2. The van der Waals surface area contributed by atoms with Crippen LogP contribution in [0.1, 0.15) is 44.4 Å². The molecule has 0 saturated heterocycles. The zero-order chi connectivity index (χ0) is 20.0. The molecule has 0 aliphatic heterocycles. The Hall–Kier alpha value is -1.16. The molecular weight excluding hydrogens is 396 g/mol. The molecule has 0 amide bonds. The molecule has 0 heterocycles. The van der Waals surface area contributed by atoms with Gasteiger partial charge in [0.1, 0.15) is 0 Å². The highest BCUT2D eigenvalue weighted by atomic mass is 79.9. The largest absolute Gasteiger partial charge is 0.308 e. The highest BCUT2D eigenvalue weighted by Crippen LogP contribution is 2.29. The minimum Gasteiger partial charge on any atom is -0.308 e. The van der Waals surface area contributed by atoms with Crippen LogP contribution in [0.3, 0.4) is 0 Å². The number of benzene rings is 2. The van der Waals surface area contributed by atoms with Gasteiger partial charge in [-0.15, -0.1) is 0 Å². The van der Waals surface area contributed by atoms with Gasteiger partial charge in [-0.1, -0.05) is 86.1 Å². The van der Waals surface area contributed by atoms with Crippen LogP contribution >= 0.6 is 15.9 Å². The van der Waals surface area contributed by atoms with Crippen LogP contribution in [-0.2, 0) is 19.5 Å². The second-order valence-electron chi connectivity index (χ2n) is 8.81. The normalized spacial score (nSPS) is 13.4. The Morgan fingerprint density at radius 2 is 1.59 bits per heavy atom. The summed E-state index contributed by atoms with van der Waals surface area (Å²) in [6.07, 6.45) is 1.08. The van der Waals surface area contributed by atoms with Crippen molar-refractivity contribution < 1.29 is 0 Å². The number of rotatable bonds is 8. The van der Waals surface area contributed by atoms with Crippen LogP contribution < -0.4 is 0 Å². The molecule has 0 spiro atoms. The van der Waals surface area contributed by atoms with Gasteiger partial charge >= 0.3 is 0 Å². The van der Waals surface area contributed by atoms with E-state index in [0.29, 0.717) is 6.04 Å². The van der Waals surface area contributed by atoms with Crippen LogP contribution in [0.15, 0.2) is 53.0 Å². The molecule has 148 valence electrons. The molecule has 0 aliphatic carbocycles. The van der Waals surface area contributed by atoms with E-state index in [0.717, 1.165) is 26.1 Å². The van der Waals surface area contributed by atoms with Crippen molar-refractivity contribution in [2.75, 3.05) is 20.6 Å². The molecule has 0 N–H and O–H groups in total. The van der Waals surface area contributed by atoms with Crippen molar-refractivity contribution in [3.8, 4) is 0 Å². The van der Waals surface area contributed by atoms with E-state index >= 15 is 0 Å². The van der Waals surface area contributed by atoms with E-state index < -0.39 is 0 Å². The van der Waals surface area contributed by atoms with Crippen LogP contribution in [0.2, 0.25) is 0 Å². The summed E-state index contributed by atoms with van der Waals surface area (Å²) < 4.78 is 1.19. The Morgan fingerprint density at radius 3 is 2.19 bits per heavy atom. The van der Waals surface area contributed by atoms with Crippen molar-refractivity contribution in [2.24, 2.45) is 5.41 Å². The fourth-order valence-electron chi connectivity index (χ4n) is 3.59. The average molecular weight is 431 g/mol. The fourth-order valence-corrected chi connectivity index (χ4v) is 4.00. The van der Waals surface area contributed by atoms with Gasteiger partial charge in [-0.2, -0.15) is 0 Å². The monoisotopic (exact) mass is 430 g/mol. The third-order valence-electron chi connectivity index (χ3n) is 5.10. The van der Waals surface area contributed by atoms with Crippen LogP contribution in [0, 0.1) is 5.41 Å². The lowest BCUT2D eigenvalue weighted by atomic mass is 9.84. The maximum atomic E-state index is 3.75. The first-order valence-electron chi connectivity index (χ1n) is 9.90. The second kappa shape index (κ2) is 9.86. The molecule has 0 bridgehead atoms. The van der Waals surface area contributed by atoms with E-state index in [9.17, 15) is 0 Å². The van der Waals surface area contributed by atoms with E-state index in [-0.39, 0.29) is 5.41 Å². The predicted octanol–water partition coefficient (Wildman–Crippen LogP) is 5.99. The molecule has 0 aliphatic rings.